The Labute approximate surface area is 112 Å². The van der Waals surface area contributed by atoms with Crippen LogP contribution >= 0.6 is 11.3 Å². The minimum absolute atomic E-state index is 0.472. The molecule has 9 heteroatoms. The van der Waals surface area contributed by atoms with Gasteiger partial charge in [-0.3, -0.25) is 0 Å². The largest absolute Gasteiger partial charge is 0.364 e. The molecule has 0 atom stereocenters. The maximum atomic E-state index is 4.79. The van der Waals surface area contributed by atoms with Crippen LogP contribution in [0.1, 0.15) is 11.4 Å². The molecule has 0 unspecified atom stereocenters. The summed E-state index contributed by atoms with van der Waals surface area (Å²) in [4.78, 5) is 6.18. The molecule has 0 aliphatic heterocycles. The van der Waals surface area contributed by atoms with Crippen LogP contribution in [0.15, 0.2) is 27.7 Å². The van der Waals surface area contributed by atoms with Gasteiger partial charge in [0.25, 0.3) is 0 Å². The molecule has 3 rings (SSSR count). The van der Waals surface area contributed by atoms with Crippen molar-refractivity contribution in [2.75, 3.05) is 11.9 Å². The number of tetrazole rings is 1. The van der Waals surface area contributed by atoms with Crippen molar-refractivity contribution in [1.82, 2.24) is 30.3 Å². The highest BCUT2D eigenvalue weighted by molar-refractivity contribution is 7.07. The third kappa shape index (κ3) is 2.60. The smallest absolute Gasteiger partial charge is 0.246 e. The fourth-order valence-corrected chi connectivity index (χ4v) is 2.23. The monoisotopic (exact) mass is 277 g/mol. The molecule has 0 saturated carbocycles. The summed E-state index contributed by atoms with van der Waals surface area (Å²) >= 11 is 1.57. The first-order valence-electron chi connectivity index (χ1n) is 5.56. The Morgan fingerprint density at radius 2 is 2.37 bits per heavy atom. The van der Waals surface area contributed by atoms with Crippen molar-refractivity contribution in [3.8, 4) is 0 Å². The summed E-state index contributed by atoms with van der Waals surface area (Å²) in [6.45, 7) is 1.13. The summed E-state index contributed by atoms with van der Waals surface area (Å²) < 4.78 is 6.47. The first-order valence-corrected chi connectivity index (χ1v) is 6.51. The van der Waals surface area contributed by atoms with Gasteiger partial charge >= 0.3 is 0 Å². The Morgan fingerprint density at radius 3 is 3.11 bits per heavy atom. The third-order valence-corrected chi connectivity index (χ3v) is 3.18. The Bertz CT molecular complexity index is 618. The molecule has 0 aliphatic carbocycles. The third-order valence-electron chi connectivity index (χ3n) is 2.54. The van der Waals surface area contributed by atoms with E-state index in [-0.39, 0.29) is 0 Å². The van der Waals surface area contributed by atoms with Gasteiger partial charge < -0.3 is 9.42 Å². The molecule has 0 fully saturated rings. The van der Waals surface area contributed by atoms with Crippen LogP contribution in [0, 0.1) is 0 Å². The second-order valence-electron chi connectivity index (χ2n) is 3.96. The number of anilines is 1. The predicted octanol–water partition coefficient (Wildman–Crippen LogP) is 0.802. The number of nitrogens with zero attached hydrogens (tertiary/aromatic N) is 7. The molecular weight excluding hydrogens is 266 g/mol. The van der Waals surface area contributed by atoms with E-state index in [4.69, 9.17) is 4.52 Å². The highest BCUT2D eigenvalue weighted by Crippen LogP contribution is 2.12. The summed E-state index contributed by atoms with van der Waals surface area (Å²) in [6, 6.07) is 1.78. The number of aromatic nitrogens is 6. The van der Waals surface area contributed by atoms with Gasteiger partial charge in [-0.1, -0.05) is 10.3 Å². The second-order valence-corrected chi connectivity index (χ2v) is 4.68. The van der Waals surface area contributed by atoms with Crippen molar-refractivity contribution in [2.24, 2.45) is 0 Å². The second kappa shape index (κ2) is 5.14. The Hall–Kier alpha value is -2.29. The summed E-state index contributed by atoms with van der Waals surface area (Å²) in [7, 11) is 1.92. The molecule has 98 valence electrons. The summed E-state index contributed by atoms with van der Waals surface area (Å²) in [5.41, 5.74) is 3.57. The zero-order valence-electron chi connectivity index (χ0n) is 10.2. The van der Waals surface area contributed by atoms with E-state index >= 15 is 0 Å². The molecule has 0 saturated heterocycles. The average molecular weight is 277 g/mol. The van der Waals surface area contributed by atoms with Crippen LogP contribution in [-0.2, 0) is 13.1 Å². The maximum absolute atomic E-state index is 4.79. The normalized spacial score (nSPS) is 10.8. The van der Waals surface area contributed by atoms with Gasteiger partial charge in [0, 0.05) is 18.5 Å². The SMILES string of the molecule is CN(Cc1cscn1)c1nnnn1Cc1ccon1. The molecule has 0 aliphatic rings. The number of rotatable bonds is 5. The van der Waals surface area contributed by atoms with E-state index in [0.717, 1.165) is 11.4 Å². The molecule has 3 heterocycles. The van der Waals surface area contributed by atoms with Gasteiger partial charge in [0.15, 0.2) is 0 Å². The molecule has 0 aromatic carbocycles. The summed E-state index contributed by atoms with van der Waals surface area (Å²) in [6.07, 6.45) is 1.53. The lowest BCUT2D eigenvalue weighted by atomic mass is 10.4. The lowest BCUT2D eigenvalue weighted by molar-refractivity contribution is 0.407. The van der Waals surface area contributed by atoms with Crippen molar-refractivity contribution in [1.29, 1.82) is 0 Å². The van der Waals surface area contributed by atoms with E-state index in [9.17, 15) is 0 Å². The highest BCUT2D eigenvalue weighted by Gasteiger charge is 2.13. The van der Waals surface area contributed by atoms with Crippen molar-refractivity contribution in [3.63, 3.8) is 0 Å². The van der Waals surface area contributed by atoms with Crippen LogP contribution in [0.4, 0.5) is 5.95 Å². The van der Waals surface area contributed by atoms with E-state index in [1.165, 1.54) is 6.26 Å². The van der Waals surface area contributed by atoms with Gasteiger partial charge in [-0.15, -0.1) is 11.3 Å². The van der Waals surface area contributed by atoms with Crippen molar-refractivity contribution >= 4 is 17.3 Å². The van der Waals surface area contributed by atoms with Gasteiger partial charge in [-0.05, 0) is 10.4 Å². The van der Waals surface area contributed by atoms with Crippen LogP contribution in [0.25, 0.3) is 0 Å². The molecule has 3 aromatic rings. The van der Waals surface area contributed by atoms with E-state index < -0.39 is 0 Å². The minimum atomic E-state index is 0.472. The molecular formula is C10H11N7OS. The lowest BCUT2D eigenvalue weighted by Crippen LogP contribution is -2.22. The van der Waals surface area contributed by atoms with Crippen molar-refractivity contribution in [2.45, 2.75) is 13.1 Å². The maximum Gasteiger partial charge on any atom is 0.246 e. The van der Waals surface area contributed by atoms with E-state index in [0.29, 0.717) is 19.0 Å². The summed E-state index contributed by atoms with van der Waals surface area (Å²) in [5, 5.41) is 17.5. The first kappa shape index (κ1) is 11.8. The first-order chi connectivity index (χ1) is 9.33. The Kier molecular flexibility index (Phi) is 3.19. The van der Waals surface area contributed by atoms with Gasteiger partial charge in [0.05, 0.1) is 24.3 Å². The quantitative estimate of drug-likeness (QED) is 0.681. The molecule has 0 N–H and O–H groups in total. The Balaban J connectivity index is 1.75. The molecule has 0 bridgehead atoms. The van der Waals surface area contributed by atoms with Gasteiger partial charge in [0.1, 0.15) is 12.0 Å². The van der Waals surface area contributed by atoms with E-state index in [1.54, 1.807) is 22.1 Å². The van der Waals surface area contributed by atoms with E-state index in [1.807, 2.05) is 22.8 Å². The predicted molar refractivity (Wildman–Crippen MR) is 67.6 cm³/mol. The molecule has 8 nitrogen and oxygen atoms in total. The minimum Gasteiger partial charge on any atom is -0.364 e. The van der Waals surface area contributed by atoms with Crippen molar-refractivity contribution in [3.05, 3.63) is 34.6 Å². The lowest BCUT2D eigenvalue weighted by Gasteiger charge is -2.15. The zero-order valence-corrected chi connectivity index (χ0v) is 11.0. The van der Waals surface area contributed by atoms with Crippen LogP contribution in [0.2, 0.25) is 0 Å². The number of hydrogen-bond donors (Lipinski definition) is 0. The zero-order chi connectivity index (χ0) is 13.1. The fraction of sp³-hybridized carbons (Fsp3) is 0.300. The number of hydrogen-bond acceptors (Lipinski definition) is 8. The van der Waals surface area contributed by atoms with Crippen LogP contribution in [-0.4, -0.2) is 37.4 Å². The topological polar surface area (TPSA) is 85.8 Å². The molecule has 0 radical (unpaired) electrons. The van der Waals surface area contributed by atoms with Gasteiger partial charge in [-0.2, -0.15) is 0 Å². The standard InChI is InChI=1S/C10H11N7OS/c1-16(4-9-6-19-7-11-9)10-12-14-15-17(10)5-8-2-3-18-13-8/h2-3,6-7H,4-5H2,1H3. The molecule has 0 amide bonds. The Morgan fingerprint density at radius 1 is 1.42 bits per heavy atom. The van der Waals surface area contributed by atoms with Crippen LogP contribution < -0.4 is 4.90 Å². The van der Waals surface area contributed by atoms with Crippen molar-refractivity contribution < 1.29 is 4.52 Å². The average Bonchev–Trinajstić information content (AvgIpc) is 3.10. The molecule has 3 aromatic heterocycles. The number of thiazole rings is 1. The van der Waals surface area contributed by atoms with E-state index in [2.05, 4.69) is 25.7 Å². The fourth-order valence-electron chi connectivity index (χ4n) is 1.68. The summed E-state index contributed by atoms with van der Waals surface area (Å²) in [5.74, 6) is 0.663. The van der Waals surface area contributed by atoms with Gasteiger partial charge in [-0.25, -0.2) is 9.67 Å². The molecule has 19 heavy (non-hydrogen) atoms. The van der Waals surface area contributed by atoms with Crippen LogP contribution in [0.3, 0.4) is 0 Å². The molecule has 0 spiro atoms. The van der Waals surface area contributed by atoms with Gasteiger partial charge in [0.2, 0.25) is 5.95 Å². The highest BCUT2D eigenvalue weighted by atomic mass is 32.1. The van der Waals surface area contributed by atoms with Crippen LogP contribution in [0.5, 0.6) is 0 Å².